The van der Waals surface area contributed by atoms with Crippen molar-refractivity contribution in [3.05, 3.63) is 24.3 Å². The molecule has 0 aliphatic carbocycles. The van der Waals surface area contributed by atoms with Gasteiger partial charge in [0, 0.05) is 12.2 Å². The van der Waals surface area contributed by atoms with Crippen LogP contribution in [0, 0.1) is 0 Å². The molecule has 0 heterocycles. The molecule has 0 aliphatic heterocycles. The van der Waals surface area contributed by atoms with Crippen LogP contribution in [0.2, 0.25) is 36.3 Å². The van der Waals surface area contributed by atoms with Crippen LogP contribution in [0.25, 0.3) is 0 Å². The van der Waals surface area contributed by atoms with Crippen molar-refractivity contribution in [1.29, 1.82) is 0 Å². The lowest BCUT2D eigenvalue weighted by atomic mass is 10.0. The van der Waals surface area contributed by atoms with E-state index in [-0.39, 0.29) is 16.2 Å². The van der Waals surface area contributed by atoms with Gasteiger partial charge in [-0.3, -0.25) is 0 Å². The Hall–Kier alpha value is -0.206. The molecule has 310 valence electrons. The Labute approximate surface area is 330 Å². The SMILES string of the molecule is CCCCCC[C@H](CC=CCCCCCCCC(O)CCCCCCCC=CC[C@@H](CCCCCC)O[Si](C)(C)C(C)(C)C)O[Si](C)(C)C(C)(C)C. The van der Waals surface area contributed by atoms with Crippen LogP contribution in [-0.4, -0.2) is 40.1 Å². The maximum Gasteiger partial charge on any atom is 0.192 e. The van der Waals surface area contributed by atoms with Gasteiger partial charge in [-0.25, -0.2) is 0 Å². The molecule has 5 heteroatoms. The Morgan fingerprint density at radius 2 is 0.750 bits per heavy atom. The summed E-state index contributed by atoms with van der Waals surface area (Å²) in [6.45, 7) is 28.3. The van der Waals surface area contributed by atoms with Gasteiger partial charge in [0.15, 0.2) is 16.6 Å². The highest BCUT2D eigenvalue weighted by Gasteiger charge is 2.39. The van der Waals surface area contributed by atoms with E-state index in [0.717, 1.165) is 25.7 Å². The average Bonchev–Trinajstić information content (AvgIpc) is 3.05. The molecule has 3 nitrogen and oxygen atoms in total. The lowest BCUT2D eigenvalue weighted by Gasteiger charge is -2.39. The number of aliphatic hydroxyl groups is 1. The van der Waals surface area contributed by atoms with E-state index in [2.05, 4.69) is 106 Å². The largest absolute Gasteiger partial charge is 0.414 e. The number of hydrogen-bond acceptors (Lipinski definition) is 3. The maximum absolute atomic E-state index is 10.5. The van der Waals surface area contributed by atoms with E-state index >= 15 is 0 Å². The summed E-state index contributed by atoms with van der Waals surface area (Å²) < 4.78 is 13.7. The van der Waals surface area contributed by atoms with Crippen molar-refractivity contribution in [3.8, 4) is 0 Å². The van der Waals surface area contributed by atoms with E-state index in [1.165, 1.54) is 141 Å². The molecule has 0 unspecified atom stereocenters. The molecule has 0 bridgehead atoms. The normalized spacial score (nSPS) is 15.2. The molecule has 0 aromatic rings. The van der Waals surface area contributed by atoms with Crippen LogP contribution in [0.1, 0.15) is 222 Å². The second-order valence-corrected chi connectivity index (χ2v) is 29.0. The molecule has 0 saturated heterocycles. The molecule has 0 saturated carbocycles. The third-order valence-corrected chi connectivity index (χ3v) is 21.3. The summed E-state index contributed by atoms with van der Waals surface area (Å²) in [5.41, 5.74) is 0. The van der Waals surface area contributed by atoms with Crippen LogP contribution in [0.5, 0.6) is 0 Å². The van der Waals surface area contributed by atoms with Gasteiger partial charge in [0.1, 0.15) is 0 Å². The average molecular weight is 765 g/mol. The zero-order valence-electron chi connectivity index (χ0n) is 37.7. The zero-order chi connectivity index (χ0) is 39.4. The fourth-order valence-electron chi connectivity index (χ4n) is 6.46. The predicted octanol–water partition coefficient (Wildman–Crippen LogP) is 16.4. The number of rotatable bonds is 34. The van der Waals surface area contributed by atoms with E-state index in [4.69, 9.17) is 8.85 Å². The summed E-state index contributed by atoms with van der Waals surface area (Å²) >= 11 is 0. The minimum Gasteiger partial charge on any atom is -0.414 e. The number of allylic oxidation sites excluding steroid dienone is 2. The van der Waals surface area contributed by atoms with Crippen LogP contribution in [0.15, 0.2) is 24.3 Å². The van der Waals surface area contributed by atoms with Crippen molar-refractivity contribution in [2.24, 2.45) is 0 Å². The van der Waals surface area contributed by atoms with Gasteiger partial charge in [0.05, 0.1) is 6.10 Å². The van der Waals surface area contributed by atoms with Crippen LogP contribution < -0.4 is 0 Å². The summed E-state index contributed by atoms with van der Waals surface area (Å²) in [4.78, 5) is 0. The van der Waals surface area contributed by atoms with Crippen molar-refractivity contribution < 1.29 is 14.0 Å². The van der Waals surface area contributed by atoms with Crippen molar-refractivity contribution in [1.82, 2.24) is 0 Å². The Balaban J connectivity index is 4.03. The first-order valence-electron chi connectivity index (χ1n) is 22.8. The Bertz CT molecular complexity index is 797. The van der Waals surface area contributed by atoms with Gasteiger partial charge in [-0.1, -0.05) is 182 Å². The van der Waals surface area contributed by atoms with E-state index in [1.807, 2.05) is 0 Å². The van der Waals surface area contributed by atoms with Gasteiger partial charge in [0.25, 0.3) is 0 Å². The lowest BCUT2D eigenvalue weighted by Crippen LogP contribution is -2.43. The monoisotopic (exact) mass is 765 g/mol. The fourth-order valence-corrected chi connectivity index (χ4v) is 9.26. The molecule has 0 spiro atoms. The summed E-state index contributed by atoms with van der Waals surface area (Å²) in [5, 5.41) is 11.0. The minimum atomic E-state index is -1.73. The Morgan fingerprint density at radius 3 is 1.10 bits per heavy atom. The van der Waals surface area contributed by atoms with Crippen LogP contribution in [0.3, 0.4) is 0 Å². The van der Waals surface area contributed by atoms with Crippen LogP contribution in [0.4, 0.5) is 0 Å². The van der Waals surface area contributed by atoms with Crippen molar-refractivity contribution in [2.45, 2.75) is 277 Å². The van der Waals surface area contributed by atoms with Gasteiger partial charge in [-0.05, 0) is 100 Å². The Morgan fingerprint density at radius 1 is 0.442 bits per heavy atom. The lowest BCUT2D eigenvalue weighted by molar-refractivity contribution is 0.147. The topological polar surface area (TPSA) is 38.7 Å². The van der Waals surface area contributed by atoms with E-state index < -0.39 is 16.6 Å². The summed E-state index contributed by atoms with van der Waals surface area (Å²) in [6.07, 6.45) is 42.4. The minimum absolute atomic E-state index is 0.0993. The van der Waals surface area contributed by atoms with Crippen molar-refractivity contribution >= 4 is 16.6 Å². The standard InChI is InChI=1S/C47H96O3Si2/c1-13-15-17-33-39-44(49-51(9,10)46(3,4)5)41-35-29-25-21-19-23-27-31-37-43(48)38-32-28-24-20-22-26-30-36-42-45(40-34-18-16-14-2)50-52(11,12)47(6,7)8/h29-30,35-36,43-45,48H,13-28,31-34,37-42H2,1-12H3/t43?,44-,45-/m1/s1. The van der Waals surface area contributed by atoms with E-state index in [9.17, 15) is 5.11 Å². The molecule has 0 aliphatic rings. The van der Waals surface area contributed by atoms with Gasteiger partial charge < -0.3 is 14.0 Å². The van der Waals surface area contributed by atoms with Gasteiger partial charge >= 0.3 is 0 Å². The summed E-state index contributed by atoms with van der Waals surface area (Å²) in [6, 6.07) is 0. The van der Waals surface area contributed by atoms with Gasteiger partial charge in [-0.15, -0.1) is 0 Å². The molecule has 0 amide bonds. The summed E-state index contributed by atoms with van der Waals surface area (Å²) in [7, 11) is -3.46. The van der Waals surface area contributed by atoms with Crippen molar-refractivity contribution in [3.63, 3.8) is 0 Å². The number of unbranched alkanes of at least 4 members (excludes halogenated alkanes) is 16. The second kappa shape index (κ2) is 30.0. The van der Waals surface area contributed by atoms with E-state index in [1.54, 1.807) is 0 Å². The maximum atomic E-state index is 10.5. The number of hydrogen-bond donors (Lipinski definition) is 1. The molecule has 0 aromatic heterocycles. The molecular weight excluding hydrogens is 669 g/mol. The molecular formula is C47H96O3Si2. The summed E-state index contributed by atoms with van der Waals surface area (Å²) in [5.74, 6) is 0. The predicted molar refractivity (Wildman–Crippen MR) is 240 cm³/mol. The van der Waals surface area contributed by atoms with Gasteiger partial charge in [-0.2, -0.15) is 0 Å². The van der Waals surface area contributed by atoms with Gasteiger partial charge in [0.2, 0.25) is 0 Å². The molecule has 0 radical (unpaired) electrons. The highest BCUT2D eigenvalue weighted by Crippen LogP contribution is 2.39. The molecule has 2 atom stereocenters. The number of aliphatic hydroxyl groups excluding tert-OH is 1. The Kier molecular flexibility index (Phi) is 29.9. The smallest absolute Gasteiger partial charge is 0.192 e. The fraction of sp³-hybridized carbons (Fsp3) is 0.915. The third-order valence-electron chi connectivity index (χ3n) is 12.2. The first kappa shape index (κ1) is 51.8. The first-order chi connectivity index (χ1) is 24.5. The van der Waals surface area contributed by atoms with Crippen LogP contribution in [-0.2, 0) is 8.85 Å². The van der Waals surface area contributed by atoms with Crippen LogP contribution >= 0.6 is 0 Å². The molecule has 0 fully saturated rings. The zero-order valence-corrected chi connectivity index (χ0v) is 39.7. The quantitative estimate of drug-likeness (QED) is 0.0403. The van der Waals surface area contributed by atoms with Crippen molar-refractivity contribution in [2.75, 3.05) is 0 Å². The molecule has 0 rings (SSSR count). The third kappa shape index (κ3) is 27.4. The molecule has 1 N–H and O–H groups in total. The highest BCUT2D eigenvalue weighted by atomic mass is 28.4. The molecule has 0 aromatic carbocycles. The molecule has 52 heavy (non-hydrogen) atoms. The highest BCUT2D eigenvalue weighted by molar-refractivity contribution is 6.74. The van der Waals surface area contributed by atoms with E-state index in [0.29, 0.717) is 12.2 Å². The first-order valence-corrected chi connectivity index (χ1v) is 28.6. The second-order valence-electron chi connectivity index (χ2n) is 19.5.